The second-order valence-corrected chi connectivity index (χ2v) is 4.56. The average Bonchev–Trinajstić information content (AvgIpc) is 1.60. The van der Waals surface area contributed by atoms with E-state index in [2.05, 4.69) is 11.9 Å². The van der Waals surface area contributed by atoms with Crippen LogP contribution < -0.4 is 5.32 Å². The predicted octanol–water partition coefficient (Wildman–Crippen LogP) is 2.87. The summed E-state index contributed by atoms with van der Waals surface area (Å²) in [5.74, 6) is 0. The van der Waals surface area contributed by atoms with Crippen LogP contribution in [0.4, 0.5) is 0 Å². The van der Waals surface area contributed by atoms with Gasteiger partial charge in [-0.05, 0) is 13.8 Å². The molecule has 10 heavy (non-hydrogen) atoms. The molecule has 0 radical (unpaired) electrons. The van der Waals surface area contributed by atoms with Crippen molar-refractivity contribution in [3.63, 3.8) is 0 Å². The smallest absolute Gasteiger partial charge is 0.229 e. The van der Waals surface area contributed by atoms with Crippen molar-refractivity contribution < 1.29 is 0 Å². The number of allylic oxidation sites excluding steroid dienone is 1. The molecule has 0 unspecified atom stereocenters. The van der Waals surface area contributed by atoms with Gasteiger partial charge in [-0.2, -0.15) is 0 Å². The molecule has 0 atom stereocenters. The summed E-state index contributed by atoms with van der Waals surface area (Å²) >= 11 is 16.5. The van der Waals surface area contributed by atoms with Gasteiger partial charge in [-0.15, -0.1) is 0 Å². The molecule has 0 fully saturated rings. The molecule has 0 saturated carbocycles. The second-order valence-electron chi connectivity index (χ2n) is 2.28. The maximum atomic E-state index is 5.50. The Morgan fingerprint density at radius 3 is 1.90 bits per heavy atom. The van der Waals surface area contributed by atoms with Crippen LogP contribution in [0.15, 0.2) is 12.3 Å². The Bertz CT molecular complexity index is 125. The lowest BCUT2D eigenvalue weighted by molar-refractivity contribution is 0.661. The largest absolute Gasteiger partial charge is 0.383 e. The van der Waals surface area contributed by atoms with Gasteiger partial charge in [0.2, 0.25) is 3.79 Å². The average molecular weight is 203 g/mol. The van der Waals surface area contributed by atoms with Gasteiger partial charge in [0.1, 0.15) is 0 Å². The number of rotatable bonds is 2. The van der Waals surface area contributed by atoms with E-state index in [1.54, 1.807) is 0 Å². The lowest BCUT2D eigenvalue weighted by Crippen LogP contribution is -2.28. The Balaban J connectivity index is 3.87. The topological polar surface area (TPSA) is 12.0 Å². The molecule has 0 saturated heterocycles. The van der Waals surface area contributed by atoms with Gasteiger partial charge in [-0.25, -0.2) is 0 Å². The summed E-state index contributed by atoms with van der Waals surface area (Å²) in [4.78, 5) is 0. The van der Waals surface area contributed by atoms with E-state index >= 15 is 0 Å². The highest BCUT2D eigenvalue weighted by molar-refractivity contribution is 6.69. The lowest BCUT2D eigenvalue weighted by atomic mass is 10.4. The first kappa shape index (κ1) is 10.4. The van der Waals surface area contributed by atoms with Crippen LogP contribution in [0, 0.1) is 0 Å². The minimum absolute atomic E-state index is 0.239. The first-order chi connectivity index (χ1) is 4.34. The quantitative estimate of drug-likeness (QED) is 0.679. The third-order valence-electron chi connectivity index (χ3n) is 0.805. The molecule has 0 amide bonds. The van der Waals surface area contributed by atoms with Gasteiger partial charge in [0.05, 0.1) is 5.70 Å². The second kappa shape index (κ2) is 3.70. The molecule has 60 valence electrons. The molecule has 0 rings (SSSR count). The number of hydrogen-bond donors (Lipinski definition) is 1. The highest BCUT2D eigenvalue weighted by Crippen LogP contribution is 2.31. The summed E-state index contributed by atoms with van der Waals surface area (Å²) in [5, 5.41) is 2.89. The molecule has 0 aromatic rings. The zero-order chi connectivity index (χ0) is 8.36. The van der Waals surface area contributed by atoms with Gasteiger partial charge in [0, 0.05) is 6.04 Å². The minimum atomic E-state index is -1.40. The fourth-order valence-corrected chi connectivity index (χ4v) is 0.594. The number of nitrogens with one attached hydrogen (secondary N) is 1. The Labute approximate surface area is 76.3 Å². The van der Waals surface area contributed by atoms with Crippen molar-refractivity contribution in [1.82, 2.24) is 5.32 Å². The Morgan fingerprint density at radius 1 is 1.40 bits per heavy atom. The van der Waals surface area contributed by atoms with E-state index in [0.717, 1.165) is 0 Å². The van der Waals surface area contributed by atoms with Gasteiger partial charge >= 0.3 is 0 Å². The number of hydrogen-bond acceptors (Lipinski definition) is 1. The van der Waals surface area contributed by atoms with Crippen molar-refractivity contribution in [2.45, 2.75) is 23.7 Å². The van der Waals surface area contributed by atoms with E-state index < -0.39 is 3.79 Å². The van der Waals surface area contributed by atoms with Crippen LogP contribution in [-0.2, 0) is 0 Å². The van der Waals surface area contributed by atoms with E-state index in [0.29, 0.717) is 5.70 Å². The van der Waals surface area contributed by atoms with E-state index in [1.807, 2.05) is 13.8 Å². The fraction of sp³-hybridized carbons (Fsp3) is 0.667. The van der Waals surface area contributed by atoms with Gasteiger partial charge in [-0.3, -0.25) is 0 Å². The van der Waals surface area contributed by atoms with Crippen LogP contribution in [0.3, 0.4) is 0 Å². The Hall–Kier alpha value is 0.410. The lowest BCUT2D eigenvalue weighted by Gasteiger charge is -2.18. The maximum absolute atomic E-state index is 5.50. The van der Waals surface area contributed by atoms with Crippen LogP contribution >= 0.6 is 34.8 Å². The standard InChI is InChI=1S/C6H10Cl3N/c1-4(2)10-5(3)6(7,8)9/h4,10H,3H2,1-2H3. The van der Waals surface area contributed by atoms with Crippen molar-refractivity contribution in [1.29, 1.82) is 0 Å². The third-order valence-corrected chi connectivity index (χ3v) is 1.49. The molecule has 0 aliphatic rings. The Morgan fingerprint density at radius 2 is 1.80 bits per heavy atom. The molecule has 0 bridgehead atoms. The van der Waals surface area contributed by atoms with Gasteiger partial charge < -0.3 is 5.32 Å². The summed E-state index contributed by atoms with van der Waals surface area (Å²) < 4.78 is -1.40. The molecule has 0 spiro atoms. The Kier molecular flexibility index (Phi) is 3.85. The maximum Gasteiger partial charge on any atom is 0.229 e. The van der Waals surface area contributed by atoms with E-state index in [-0.39, 0.29) is 6.04 Å². The summed E-state index contributed by atoms with van der Waals surface area (Å²) in [6, 6.07) is 0.239. The molecule has 0 aromatic heterocycles. The first-order valence-electron chi connectivity index (χ1n) is 2.86. The van der Waals surface area contributed by atoms with Gasteiger partial charge in [0.15, 0.2) is 0 Å². The normalized spacial score (nSPS) is 11.8. The SMILES string of the molecule is C=C(NC(C)C)C(Cl)(Cl)Cl. The van der Waals surface area contributed by atoms with Crippen molar-refractivity contribution in [2.24, 2.45) is 0 Å². The number of halogens is 3. The number of alkyl halides is 3. The van der Waals surface area contributed by atoms with Crippen molar-refractivity contribution in [3.05, 3.63) is 12.3 Å². The summed E-state index contributed by atoms with van der Waals surface area (Å²) in [6.45, 7) is 7.45. The molecule has 0 heterocycles. The summed E-state index contributed by atoms with van der Waals surface area (Å²) in [7, 11) is 0. The zero-order valence-electron chi connectivity index (χ0n) is 5.92. The van der Waals surface area contributed by atoms with Crippen LogP contribution in [0.25, 0.3) is 0 Å². The molecular weight excluding hydrogens is 192 g/mol. The van der Waals surface area contributed by atoms with E-state index in [9.17, 15) is 0 Å². The summed E-state index contributed by atoms with van der Waals surface area (Å²) in [5.41, 5.74) is 0.410. The molecule has 0 aromatic carbocycles. The predicted molar refractivity (Wildman–Crippen MR) is 47.7 cm³/mol. The molecule has 0 aliphatic heterocycles. The van der Waals surface area contributed by atoms with Gasteiger partial charge in [0.25, 0.3) is 0 Å². The van der Waals surface area contributed by atoms with Crippen LogP contribution in [0.2, 0.25) is 0 Å². The minimum Gasteiger partial charge on any atom is -0.383 e. The van der Waals surface area contributed by atoms with Crippen LogP contribution in [0.5, 0.6) is 0 Å². The van der Waals surface area contributed by atoms with E-state index in [1.165, 1.54) is 0 Å². The van der Waals surface area contributed by atoms with Crippen LogP contribution in [-0.4, -0.2) is 9.83 Å². The monoisotopic (exact) mass is 201 g/mol. The van der Waals surface area contributed by atoms with E-state index in [4.69, 9.17) is 34.8 Å². The molecular formula is C6H10Cl3N. The zero-order valence-corrected chi connectivity index (χ0v) is 8.19. The van der Waals surface area contributed by atoms with Crippen molar-refractivity contribution in [3.8, 4) is 0 Å². The highest BCUT2D eigenvalue weighted by atomic mass is 35.6. The first-order valence-corrected chi connectivity index (χ1v) is 4.00. The molecule has 4 heteroatoms. The summed E-state index contributed by atoms with van der Waals surface area (Å²) in [6.07, 6.45) is 0. The molecule has 0 aliphatic carbocycles. The highest BCUT2D eigenvalue weighted by Gasteiger charge is 2.24. The molecule has 1 nitrogen and oxygen atoms in total. The molecule has 1 N–H and O–H groups in total. The third kappa shape index (κ3) is 4.26. The van der Waals surface area contributed by atoms with Gasteiger partial charge in [-0.1, -0.05) is 41.4 Å². The van der Waals surface area contributed by atoms with Crippen LogP contribution in [0.1, 0.15) is 13.8 Å². The van der Waals surface area contributed by atoms with Crippen molar-refractivity contribution >= 4 is 34.8 Å². The van der Waals surface area contributed by atoms with Crippen molar-refractivity contribution in [2.75, 3.05) is 0 Å². The fourth-order valence-electron chi connectivity index (χ4n) is 0.430.